The molecule has 0 saturated heterocycles. The predicted octanol–water partition coefficient (Wildman–Crippen LogP) is 5.26. The van der Waals surface area contributed by atoms with Gasteiger partial charge in [0.1, 0.15) is 0 Å². The number of aryl methyl sites for hydroxylation is 1. The zero-order chi connectivity index (χ0) is 10.1. The van der Waals surface area contributed by atoms with Gasteiger partial charge in [-0.25, -0.2) is 0 Å². The van der Waals surface area contributed by atoms with Crippen molar-refractivity contribution in [3.8, 4) is 0 Å². The summed E-state index contributed by atoms with van der Waals surface area (Å²) in [5, 5.41) is 2.12. The van der Waals surface area contributed by atoms with Crippen molar-refractivity contribution in [3.05, 3.63) is 43.2 Å². The number of thiophene rings is 2. The van der Waals surface area contributed by atoms with Crippen molar-refractivity contribution in [1.29, 1.82) is 0 Å². The van der Waals surface area contributed by atoms with Crippen molar-refractivity contribution in [2.75, 3.05) is 0 Å². The maximum atomic E-state index is 5.91. The molecule has 0 bridgehead atoms. The van der Waals surface area contributed by atoms with Crippen molar-refractivity contribution >= 4 is 50.2 Å². The van der Waals surface area contributed by atoms with Crippen LogP contribution in [0.1, 0.15) is 20.1 Å². The highest BCUT2D eigenvalue weighted by molar-refractivity contribution is 9.09. The molecular weight excluding hydrogens is 300 g/mol. The predicted molar refractivity (Wildman–Crippen MR) is 69.2 cm³/mol. The molecule has 74 valence electrons. The summed E-state index contributed by atoms with van der Waals surface area (Å²) in [6, 6.07) is 6.16. The van der Waals surface area contributed by atoms with Gasteiger partial charge in [-0.15, -0.1) is 22.7 Å². The molecule has 0 amide bonds. The third-order valence-electron chi connectivity index (χ3n) is 1.98. The molecule has 1 unspecified atom stereocenters. The van der Waals surface area contributed by atoms with Crippen molar-refractivity contribution in [3.63, 3.8) is 0 Å². The molecule has 4 heteroatoms. The van der Waals surface area contributed by atoms with Crippen LogP contribution in [0.2, 0.25) is 4.34 Å². The summed E-state index contributed by atoms with van der Waals surface area (Å²) in [5.41, 5.74) is 1.33. The fourth-order valence-electron chi connectivity index (χ4n) is 1.24. The highest BCUT2D eigenvalue weighted by Crippen LogP contribution is 2.40. The Bertz CT molecular complexity index is 433. The van der Waals surface area contributed by atoms with Crippen LogP contribution in [0.25, 0.3) is 0 Å². The molecule has 2 heterocycles. The van der Waals surface area contributed by atoms with E-state index >= 15 is 0 Å². The first-order chi connectivity index (χ1) is 6.68. The van der Waals surface area contributed by atoms with Gasteiger partial charge in [0.2, 0.25) is 0 Å². The lowest BCUT2D eigenvalue weighted by Crippen LogP contribution is -1.86. The standard InChI is InChI=1S/C10H8BrClS2/c1-6-4-5-13-10(6)9(11)7-2-3-8(12)14-7/h2-5,9H,1H3. The summed E-state index contributed by atoms with van der Waals surface area (Å²) in [4.78, 5) is 2.92. The minimum atomic E-state index is 0.292. The molecule has 14 heavy (non-hydrogen) atoms. The van der Waals surface area contributed by atoms with Crippen LogP contribution in [0.15, 0.2) is 23.6 Å². The first-order valence-corrected chi connectivity index (χ1v) is 7.11. The Morgan fingerprint density at radius 1 is 1.36 bits per heavy atom. The summed E-state index contributed by atoms with van der Waals surface area (Å²) in [6.45, 7) is 2.13. The minimum Gasteiger partial charge on any atom is -0.147 e. The van der Waals surface area contributed by atoms with Crippen molar-refractivity contribution < 1.29 is 0 Å². The summed E-state index contributed by atoms with van der Waals surface area (Å²) in [6.07, 6.45) is 0. The van der Waals surface area contributed by atoms with Gasteiger partial charge < -0.3 is 0 Å². The Kier molecular flexibility index (Phi) is 3.32. The number of rotatable bonds is 2. The molecule has 0 aliphatic rings. The number of hydrogen-bond donors (Lipinski definition) is 0. The molecule has 0 nitrogen and oxygen atoms in total. The van der Waals surface area contributed by atoms with Crippen molar-refractivity contribution in [2.45, 2.75) is 11.8 Å². The molecule has 0 radical (unpaired) electrons. The van der Waals surface area contributed by atoms with Gasteiger partial charge in [-0.05, 0) is 36.1 Å². The summed E-state index contributed by atoms with van der Waals surface area (Å²) < 4.78 is 0.846. The van der Waals surface area contributed by atoms with Crippen LogP contribution < -0.4 is 0 Å². The van der Waals surface area contributed by atoms with Gasteiger partial charge in [-0.1, -0.05) is 27.5 Å². The quantitative estimate of drug-likeness (QED) is 0.664. The van der Waals surface area contributed by atoms with Crippen LogP contribution >= 0.6 is 50.2 Å². The normalized spacial score (nSPS) is 13.1. The van der Waals surface area contributed by atoms with Crippen molar-refractivity contribution in [2.24, 2.45) is 0 Å². The zero-order valence-electron chi connectivity index (χ0n) is 7.46. The summed E-state index contributed by atoms with van der Waals surface area (Å²) >= 11 is 13.0. The molecule has 2 rings (SSSR count). The lowest BCUT2D eigenvalue weighted by atomic mass is 10.2. The molecular formula is C10H8BrClS2. The average molecular weight is 308 g/mol. The van der Waals surface area contributed by atoms with E-state index in [0.29, 0.717) is 4.83 Å². The van der Waals surface area contributed by atoms with E-state index in [2.05, 4.69) is 40.4 Å². The smallest absolute Gasteiger partial charge is 0.0931 e. The highest BCUT2D eigenvalue weighted by Gasteiger charge is 2.15. The average Bonchev–Trinajstić information content (AvgIpc) is 2.73. The summed E-state index contributed by atoms with van der Waals surface area (Å²) in [7, 11) is 0. The molecule has 0 aliphatic heterocycles. The minimum absolute atomic E-state index is 0.292. The van der Waals surface area contributed by atoms with E-state index in [4.69, 9.17) is 11.6 Å². The number of halogens is 2. The molecule has 0 fully saturated rings. The van der Waals surface area contributed by atoms with Crippen LogP contribution in [0.3, 0.4) is 0 Å². The molecule has 1 atom stereocenters. The fraction of sp³-hybridized carbons (Fsp3) is 0.200. The third-order valence-corrected chi connectivity index (χ3v) is 5.91. The van der Waals surface area contributed by atoms with Gasteiger partial charge in [-0.3, -0.25) is 0 Å². The second-order valence-corrected chi connectivity index (χ2v) is 6.58. The topological polar surface area (TPSA) is 0 Å². The number of hydrogen-bond acceptors (Lipinski definition) is 2. The second kappa shape index (κ2) is 4.35. The van der Waals surface area contributed by atoms with E-state index in [1.54, 1.807) is 22.7 Å². The van der Waals surface area contributed by atoms with E-state index in [1.165, 1.54) is 15.3 Å². The van der Waals surface area contributed by atoms with Gasteiger partial charge in [0.25, 0.3) is 0 Å². The Balaban J connectivity index is 2.33. The molecule has 0 aliphatic carbocycles. The monoisotopic (exact) mass is 306 g/mol. The Morgan fingerprint density at radius 3 is 2.64 bits per heavy atom. The SMILES string of the molecule is Cc1ccsc1C(Br)c1ccc(Cl)s1. The first-order valence-electron chi connectivity index (χ1n) is 4.12. The maximum absolute atomic E-state index is 5.91. The second-order valence-electron chi connectivity index (χ2n) is 2.97. The lowest BCUT2D eigenvalue weighted by Gasteiger charge is -2.05. The van der Waals surface area contributed by atoms with E-state index in [0.717, 1.165) is 4.34 Å². The van der Waals surface area contributed by atoms with E-state index in [-0.39, 0.29) is 0 Å². The molecule has 0 aromatic carbocycles. The van der Waals surface area contributed by atoms with Gasteiger partial charge in [-0.2, -0.15) is 0 Å². The van der Waals surface area contributed by atoms with Crippen LogP contribution in [-0.4, -0.2) is 0 Å². The van der Waals surface area contributed by atoms with E-state index in [1.807, 2.05) is 6.07 Å². The van der Waals surface area contributed by atoms with E-state index in [9.17, 15) is 0 Å². The largest absolute Gasteiger partial charge is 0.147 e. The van der Waals surface area contributed by atoms with Gasteiger partial charge in [0.15, 0.2) is 0 Å². The Morgan fingerprint density at radius 2 is 2.14 bits per heavy atom. The van der Waals surface area contributed by atoms with Crippen molar-refractivity contribution in [1.82, 2.24) is 0 Å². The Hall–Kier alpha value is 0.170. The van der Waals surface area contributed by atoms with Crippen LogP contribution in [0.4, 0.5) is 0 Å². The first kappa shape index (κ1) is 10.7. The summed E-state index contributed by atoms with van der Waals surface area (Å²) in [5.74, 6) is 0. The molecule has 0 saturated carbocycles. The van der Waals surface area contributed by atoms with E-state index < -0.39 is 0 Å². The lowest BCUT2D eigenvalue weighted by molar-refractivity contribution is 1.24. The van der Waals surface area contributed by atoms with Gasteiger partial charge in [0.05, 0.1) is 9.16 Å². The number of alkyl halides is 1. The molecule has 2 aromatic rings. The highest BCUT2D eigenvalue weighted by atomic mass is 79.9. The van der Waals surface area contributed by atoms with Crippen LogP contribution in [0, 0.1) is 6.92 Å². The maximum Gasteiger partial charge on any atom is 0.0931 e. The Labute approximate surface area is 105 Å². The zero-order valence-corrected chi connectivity index (χ0v) is 11.4. The van der Waals surface area contributed by atoms with Crippen LogP contribution in [-0.2, 0) is 0 Å². The molecule has 2 aromatic heterocycles. The molecule has 0 spiro atoms. The van der Waals surface area contributed by atoms with Crippen LogP contribution in [0.5, 0.6) is 0 Å². The third kappa shape index (κ3) is 2.06. The van der Waals surface area contributed by atoms with Gasteiger partial charge >= 0.3 is 0 Å². The fourth-order valence-corrected chi connectivity index (χ4v) is 4.40. The van der Waals surface area contributed by atoms with Gasteiger partial charge in [0, 0.05) is 9.75 Å². The molecule has 0 N–H and O–H groups in total.